The lowest BCUT2D eigenvalue weighted by Crippen LogP contribution is -1.99. The summed E-state index contributed by atoms with van der Waals surface area (Å²) < 4.78 is 38.0. The van der Waals surface area contributed by atoms with Gasteiger partial charge in [0.2, 0.25) is 0 Å². The molecular formula is C23H19F2N3O2. The Balaban J connectivity index is 1.55. The van der Waals surface area contributed by atoms with Crippen molar-refractivity contribution in [3.8, 4) is 34.1 Å². The smallest absolute Gasteiger partial charge is 0.159 e. The number of aromatic amines is 1. The standard InChI is InChI=1S/C23H19F2N3O2/c1-14-3-5-16(26-11-14)13-30-17-6-7-18(22(10-17)29-2)21-12-27-23(28-21)15-4-8-19(24)20(25)9-15/h3-12H,13H2,1-2H3,(H,27,28). The number of nitrogens with zero attached hydrogens (tertiary/aromatic N) is 2. The van der Waals surface area contributed by atoms with Gasteiger partial charge in [-0.25, -0.2) is 13.8 Å². The van der Waals surface area contributed by atoms with Crippen molar-refractivity contribution in [3.05, 3.63) is 83.8 Å². The van der Waals surface area contributed by atoms with Gasteiger partial charge in [-0.2, -0.15) is 0 Å². The van der Waals surface area contributed by atoms with Gasteiger partial charge >= 0.3 is 0 Å². The van der Waals surface area contributed by atoms with Gasteiger partial charge in [-0.1, -0.05) is 6.07 Å². The highest BCUT2D eigenvalue weighted by molar-refractivity contribution is 5.70. The fraction of sp³-hybridized carbons (Fsp3) is 0.130. The molecule has 1 N–H and O–H groups in total. The Hall–Kier alpha value is -3.74. The maximum absolute atomic E-state index is 13.5. The fourth-order valence-electron chi connectivity index (χ4n) is 2.97. The average molecular weight is 407 g/mol. The summed E-state index contributed by atoms with van der Waals surface area (Å²) in [6.45, 7) is 2.32. The highest BCUT2D eigenvalue weighted by Crippen LogP contribution is 2.33. The summed E-state index contributed by atoms with van der Waals surface area (Å²) in [5, 5.41) is 0. The van der Waals surface area contributed by atoms with Crippen LogP contribution in [-0.2, 0) is 6.61 Å². The first-order valence-electron chi connectivity index (χ1n) is 9.26. The molecule has 0 atom stereocenters. The van der Waals surface area contributed by atoms with Gasteiger partial charge in [0.1, 0.15) is 23.9 Å². The lowest BCUT2D eigenvalue weighted by atomic mass is 10.1. The van der Waals surface area contributed by atoms with Crippen LogP contribution in [0.4, 0.5) is 8.78 Å². The van der Waals surface area contributed by atoms with Gasteiger partial charge in [0.05, 0.1) is 24.7 Å². The van der Waals surface area contributed by atoms with Gasteiger partial charge < -0.3 is 14.5 Å². The lowest BCUT2D eigenvalue weighted by molar-refractivity contribution is 0.299. The summed E-state index contributed by atoms with van der Waals surface area (Å²) in [5.41, 5.74) is 3.81. The third kappa shape index (κ3) is 4.15. The third-order valence-electron chi connectivity index (χ3n) is 4.59. The molecule has 0 saturated heterocycles. The van der Waals surface area contributed by atoms with Crippen molar-refractivity contribution >= 4 is 0 Å². The molecule has 0 radical (unpaired) electrons. The monoisotopic (exact) mass is 407 g/mol. The van der Waals surface area contributed by atoms with E-state index in [1.165, 1.54) is 6.07 Å². The summed E-state index contributed by atoms with van der Waals surface area (Å²) in [6.07, 6.45) is 3.41. The third-order valence-corrected chi connectivity index (χ3v) is 4.59. The molecule has 4 aromatic rings. The number of rotatable bonds is 6. The number of H-pyrrole nitrogens is 1. The number of methoxy groups -OCH3 is 1. The quantitative estimate of drug-likeness (QED) is 0.470. The number of nitrogens with one attached hydrogen (secondary N) is 1. The van der Waals surface area contributed by atoms with E-state index in [0.717, 1.165) is 29.0 Å². The summed E-state index contributed by atoms with van der Waals surface area (Å²) in [7, 11) is 1.57. The van der Waals surface area contributed by atoms with Crippen molar-refractivity contribution in [2.45, 2.75) is 13.5 Å². The average Bonchev–Trinajstić information content (AvgIpc) is 3.25. The summed E-state index contributed by atoms with van der Waals surface area (Å²) in [4.78, 5) is 11.7. The van der Waals surface area contributed by atoms with Crippen molar-refractivity contribution in [1.29, 1.82) is 0 Å². The van der Waals surface area contributed by atoms with E-state index in [1.807, 2.05) is 31.2 Å². The molecule has 2 aromatic heterocycles. The molecule has 0 aliphatic rings. The van der Waals surface area contributed by atoms with E-state index in [9.17, 15) is 8.78 Å². The maximum atomic E-state index is 13.5. The lowest BCUT2D eigenvalue weighted by Gasteiger charge is -2.11. The molecule has 30 heavy (non-hydrogen) atoms. The van der Waals surface area contributed by atoms with Gasteiger partial charge in [0.15, 0.2) is 11.6 Å². The van der Waals surface area contributed by atoms with E-state index in [-0.39, 0.29) is 0 Å². The molecule has 2 aromatic carbocycles. The van der Waals surface area contributed by atoms with Gasteiger partial charge in [-0.15, -0.1) is 0 Å². The Morgan fingerprint density at radius 2 is 1.80 bits per heavy atom. The molecule has 5 nitrogen and oxygen atoms in total. The van der Waals surface area contributed by atoms with Crippen LogP contribution in [0.2, 0.25) is 0 Å². The molecule has 0 fully saturated rings. The Morgan fingerprint density at radius 3 is 2.53 bits per heavy atom. The summed E-state index contributed by atoms with van der Waals surface area (Å²) in [6, 6.07) is 13.0. The molecule has 152 valence electrons. The second-order valence-electron chi connectivity index (χ2n) is 6.75. The minimum absolute atomic E-state index is 0.340. The first kappa shape index (κ1) is 19.6. The number of aromatic nitrogens is 3. The SMILES string of the molecule is COc1cc(OCc2ccc(C)cn2)ccc1-c1cnc(-c2ccc(F)c(F)c2)[nH]1. The van der Waals surface area contributed by atoms with Gasteiger partial charge in [0.25, 0.3) is 0 Å². The fourth-order valence-corrected chi connectivity index (χ4v) is 2.97. The molecular weight excluding hydrogens is 388 g/mol. The molecule has 0 saturated carbocycles. The molecule has 0 unspecified atom stereocenters. The molecule has 0 spiro atoms. The van der Waals surface area contributed by atoms with Crippen LogP contribution in [0.5, 0.6) is 11.5 Å². The van der Waals surface area contributed by atoms with Crippen molar-refractivity contribution < 1.29 is 18.3 Å². The van der Waals surface area contributed by atoms with E-state index >= 15 is 0 Å². The summed E-state index contributed by atoms with van der Waals surface area (Å²) >= 11 is 0. The number of ether oxygens (including phenoxy) is 2. The van der Waals surface area contributed by atoms with Gasteiger partial charge in [0, 0.05) is 23.4 Å². The number of aryl methyl sites for hydroxylation is 1. The second-order valence-corrected chi connectivity index (χ2v) is 6.75. The molecule has 4 rings (SSSR count). The highest BCUT2D eigenvalue weighted by atomic mass is 19.2. The first-order chi connectivity index (χ1) is 14.5. The van der Waals surface area contributed by atoms with Crippen LogP contribution in [0.3, 0.4) is 0 Å². The van der Waals surface area contributed by atoms with Crippen LogP contribution in [0, 0.1) is 18.6 Å². The summed E-state index contributed by atoms with van der Waals surface area (Å²) in [5.74, 6) is -0.170. The van der Waals surface area contributed by atoms with Crippen LogP contribution in [-0.4, -0.2) is 22.1 Å². The van der Waals surface area contributed by atoms with Crippen LogP contribution in [0.15, 0.2) is 60.9 Å². The topological polar surface area (TPSA) is 60.0 Å². The Kier molecular flexibility index (Phi) is 5.43. The molecule has 7 heteroatoms. The Labute approximate surface area is 172 Å². The number of hydrogen-bond donors (Lipinski definition) is 1. The first-order valence-corrected chi connectivity index (χ1v) is 9.26. The molecule has 0 bridgehead atoms. The van der Waals surface area contributed by atoms with E-state index in [2.05, 4.69) is 15.0 Å². The maximum Gasteiger partial charge on any atom is 0.159 e. The van der Waals surface area contributed by atoms with Crippen LogP contribution < -0.4 is 9.47 Å². The van der Waals surface area contributed by atoms with E-state index in [4.69, 9.17) is 9.47 Å². The number of hydrogen-bond acceptors (Lipinski definition) is 4. The predicted octanol–water partition coefficient (Wildman–Crippen LogP) is 5.31. The molecule has 0 aliphatic heterocycles. The van der Waals surface area contributed by atoms with E-state index < -0.39 is 11.6 Å². The van der Waals surface area contributed by atoms with Gasteiger partial charge in [-0.3, -0.25) is 4.98 Å². The number of benzene rings is 2. The van der Waals surface area contributed by atoms with Crippen molar-refractivity contribution in [1.82, 2.24) is 15.0 Å². The van der Waals surface area contributed by atoms with E-state index in [0.29, 0.717) is 35.2 Å². The Bertz CT molecular complexity index is 1170. The number of pyridine rings is 1. The van der Waals surface area contributed by atoms with Crippen molar-refractivity contribution in [2.75, 3.05) is 7.11 Å². The zero-order valence-corrected chi connectivity index (χ0v) is 16.4. The van der Waals surface area contributed by atoms with Crippen LogP contribution >= 0.6 is 0 Å². The van der Waals surface area contributed by atoms with Crippen molar-refractivity contribution in [2.24, 2.45) is 0 Å². The molecule has 2 heterocycles. The Morgan fingerprint density at radius 1 is 0.933 bits per heavy atom. The molecule has 0 amide bonds. The zero-order chi connectivity index (χ0) is 21.1. The van der Waals surface area contributed by atoms with Gasteiger partial charge in [-0.05, 0) is 48.9 Å². The van der Waals surface area contributed by atoms with Crippen LogP contribution in [0.25, 0.3) is 22.6 Å². The largest absolute Gasteiger partial charge is 0.496 e. The number of halogens is 2. The highest BCUT2D eigenvalue weighted by Gasteiger charge is 2.13. The number of imidazole rings is 1. The second kappa shape index (κ2) is 8.32. The normalized spacial score (nSPS) is 10.8. The minimum Gasteiger partial charge on any atom is -0.496 e. The predicted molar refractivity (Wildman–Crippen MR) is 109 cm³/mol. The van der Waals surface area contributed by atoms with Crippen molar-refractivity contribution in [3.63, 3.8) is 0 Å². The molecule has 0 aliphatic carbocycles. The zero-order valence-electron chi connectivity index (χ0n) is 16.4. The van der Waals surface area contributed by atoms with Crippen LogP contribution in [0.1, 0.15) is 11.3 Å². The van der Waals surface area contributed by atoms with E-state index in [1.54, 1.807) is 25.6 Å². The minimum atomic E-state index is -0.924.